The smallest absolute Gasteiger partial charge is 0.134 e. The molecule has 2 aromatic heterocycles. The predicted molar refractivity (Wildman–Crippen MR) is 75.9 cm³/mol. The fraction of sp³-hybridized carbons (Fsp3) is 0.0714. The number of H-pyrrole nitrogens is 1. The van der Waals surface area contributed by atoms with Gasteiger partial charge in [0.15, 0.2) is 0 Å². The molecule has 0 aliphatic carbocycles. The lowest BCUT2D eigenvalue weighted by atomic mass is 10.2. The van der Waals surface area contributed by atoms with Gasteiger partial charge in [0.2, 0.25) is 0 Å². The molecule has 0 saturated heterocycles. The van der Waals surface area contributed by atoms with E-state index in [9.17, 15) is 0 Å². The number of aromatic nitrogens is 4. The highest BCUT2D eigenvalue weighted by Gasteiger charge is 2.03. The summed E-state index contributed by atoms with van der Waals surface area (Å²) in [6.07, 6.45) is 5.03. The molecule has 0 atom stereocenters. The third kappa shape index (κ3) is 2.59. The highest BCUT2D eigenvalue weighted by molar-refractivity contribution is 5.64. The van der Waals surface area contributed by atoms with Gasteiger partial charge in [-0.2, -0.15) is 5.10 Å². The van der Waals surface area contributed by atoms with Crippen molar-refractivity contribution < 1.29 is 4.74 Å². The molecule has 2 N–H and O–H groups in total. The molecule has 3 aromatic rings. The Morgan fingerprint density at radius 1 is 1.15 bits per heavy atom. The molecule has 0 unspecified atom stereocenters. The second-order valence-corrected chi connectivity index (χ2v) is 4.13. The van der Waals surface area contributed by atoms with Crippen LogP contribution in [0, 0.1) is 0 Å². The summed E-state index contributed by atoms with van der Waals surface area (Å²) in [4.78, 5) is 8.42. The van der Waals surface area contributed by atoms with E-state index in [2.05, 4.69) is 25.5 Å². The lowest BCUT2D eigenvalue weighted by Crippen LogP contribution is -1.95. The van der Waals surface area contributed by atoms with Crippen molar-refractivity contribution in [3.63, 3.8) is 0 Å². The number of nitrogens with zero attached hydrogens (tertiary/aromatic N) is 3. The molecule has 6 nitrogen and oxygen atoms in total. The molecular formula is C14H13N5O. The van der Waals surface area contributed by atoms with Crippen LogP contribution in [0.3, 0.4) is 0 Å². The first-order chi connectivity index (χ1) is 9.85. The van der Waals surface area contributed by atoms with Gasteiger partial charge in [-0.05, 0) is 24.3 Å². The van der Waals surface area contributed by atoms with E-state index in [1.165, 1.54) is 6.33 Å². The second kappa shape index (κ2) is 5.40. The van der Waals surface area contributed by atoms with Crippen molar-refractivity contribution in [2.24, 2.45) is 0 Å². The average Bonchev–Trinajstić information content (AvgIpc) is 3.03. The lowest BCUT2D eigenvalue weighted by molar-refractivity contribution is 0.415. The minimum absolute atomic E-state index is 0.723. The molecule has 0 aliphatic rings. The topological polar surface area (TPSA) is 75.7 Å². The zero-order chi connectivity index (χ0) is 13.8. The Morgan fingerprint density at radius 3 is 2.70 bits per heavy atom. The van der Waals surface area contributed by atoms with E-state index < -0.39 is 0 Å². The molecule has 20 heavy (non-hydrogen) atoms. The molecule has 100 valence electrons. The van der Waals surface area contributed by atoms with E-state index >= 15 is 0 Å². The molecule has 0 bridgehead atoms. The molecule has 0 saturated carbocycles. The Balaban J connectivity index is 1.82. The molecule has 3 rings (SSSR count). The normalized spacial score (nSPS) is 10.2. The molecule has 0 radical (unpaired) electrons. The standard InChI is InChI=1S/C14H13N5O/c1-20-12-4-2-11(3-5-12)19-14-6-13(15-9-16-14)10-7-17-18-8-10/h2-9H,1H3,(H,17,18)(H,15,16,19). The predicted octanol–water partition coefficient (Wildman–Crippen LogP) is 2.62. The molecular weight excluding hydrogens is 254 g/mol. The number of benzene rings is 1. The fourth-order valence-electron chi connectivity index (χ4n) is 1.80. The summed E-state index contributed by atoms with van der Waals surface area (Å²) in [6, 6.07) is 9.51. The van der Waals surface area contributed by atoms with Crippen LogP contribution in [-0.2, 0) is 0 Å². The Kier molecular flexibility index (Phi) is 3.28. The fourth-order valence-corrected chi connectivity index (χ4v) is 1.80. The summed E-state index contributed by atoms with van der Waals surface area (Å²) < 4.78 is 5.12. The Bertz CT molecular complexity index is 679. The van der Waals surface area contributed by atoms with Gasteiger partial charge in [0.25, 0.3) is 0 Å². The van der Waals surface area contributed by atoms with E-state index in [1.807, 2.05) is 30.3 Å². The first-order valence-corrected chi connectivity index (χ1v) is 6.07. The molecule has 1 aromatic carbocycles. The molecule has 0 spiro atoms. The molecule has 2 heterocycles. The maximum absolute atomic E-state index is 5.12. The maximum atomic E-state index is 5.12. The second-order valence-electron chi connectivity index (χ2n) is 4.13. The monoisotopic (exact) mass is 267 g/mol. The highest BCUT2D eigenvalue weighted by atomic mass is 16.5. The van der Waals surface area contributed by atoms with Crippen LogP contribution in [0.2, 0.25) is 0 Å². The minimum Gasteiger partial charge on any atom is -0.497 e. The Hall–Kier alpha value is -2.89. The van der Waals surface area contributed by atoms with Crippen LogP contribution in [0.5, 0.6) is 5.75 Å². The number of aromatic amines is 1. The number of nitrogens with one attached hydrogen (secondary N) is 2. The molecule has 0 aliphatic heterocycles. The zero-order valence-electron chi connectivity index (χ0n) is 10.9. The van der Waals surface area contributed by atoms with Gasteiger partial charge < -0.3 is 10.1 Å². The van der Waals surface area contributed by atoms with Crippen molar-refractivity contribution in [2.75, 3.05) is 12.4 Å². The number of anilines is 2. The quantitative estimate of drug-likeness (QED) is 0.760. The van der Waals surface area contributed by atoms with Crippen LogP contribution in [-0.4, -0.2) is 27.3 Å². The van der Waals surface area contributed by atoms with Gasteiger partial charge in [0, 0.05) is 23.5 Å². The zero-order valence-corrected chi connectivity index (χ0v) is 10.9. The number of rotatable bonds is 4. The minimum atomic E-state index is 0.723. The van der Waals surface area contributed by atoms with Gasteiger partial charge in [-0.15, -0.1) is 0 Å². The van der Waals surface area contributed by atoms with Crippen LogP contribution in [0.15, 0.2) is 49.1 Å². The van der Waals surface area contributed by atoms with Gasteiger partial charge in [-0.3, -0.25) is 5.10 Å². The van der Waals surface area contributed by atoms with Gasteiger partial charge in [0.1, 0.15) is 17.9 Å². The van der Waals surface area contributed by atoms with Gasteiger partial charge in [-0.25, -0.2) is 9.97 Å². The van der Waals surface area contributed by atoms with Crippen molar-refractivity contribution in [3.05, 3.63) is 49.1 Å². The highest BCUT2D eigenvalue weighted by Crippen LogP contribution is 2.21. The lowest BCUT2D eigenvalue weighted by Gasteiger charge is -2.07. The van der Waals surface area contributed by atoms with Crippen LogP contribution in [0.1, 0.15) is 0 Å². The molecule has 0 fully saturated rings. The summed E-state index contributed by atoms with van der Waals surface area (Å²) in [5, 5.41) is 9.90. The van der Waals surface area contributed by atoms with Crippen LogP contribution in [0.25, 0.3) is 11.3 Å². The molecule has 0 amide bonds. The van der Waals surface area contributed by atoms with Crippen molar-refractivity contribution in [3.8, 4) is 17.0 Å². The van der Waals surface area contributed by atoms with E-state index in [0.29, 0.717) is 0 Å². The van der Waals surface area contributed by atoms with Crippen molar-refractivity contribution in [2.45, 2.75) is 0 Å². The van der Waals surface area contributed by atoms with E-state index in [1.54, 1.807) is 19.5 Å². The van der Waals surface area contributed by atoms with Crippen LogP contribution in [0.4, 0.5) is 11.5 Å². The van der Waals surface area contributed by atoms with Crippen molar-refractivity contribution in [1.82, 2.24) is 20.2 Å². The summed E-state index contributed by atoms with van der Waals surface area (Å²) in [5.41, 5.74) is 2.66. The maximum Gasteiger partial charge on any atom is 0.134 e. The van der Waals surface area contributed by atoms with E-state index in [4.69, 9.17) is 4.74 Å². The first-order valence-electron chi connectivity index (χ1n) is 6.07. The van der Waals surface area contributed by atoms with Crippen molar-refractivity contribution >= 4 is 11.5 Å². The average molecular weight is 267 g/mol. The Morgan fingerprint density at radius 2 is 2.00 bits per heavy atom. The summed E-state index contributed by atoms with van der Waals surface area (Å²) in [5.74, 6) is 1.54. The van der Waals surface area contributed by atoms with Gasteiger partial charge >= 0.3 is 0 Å². The van der Waals surface area contributed by atoms with Crippen molar-refractivity contribution in [1.29, 1.82) is 0 Å². The summed E-state index contributed by atoms with van der Waals surface area (Å²) in [6.45, 7) is 0. The number of hydrogen-bond acceptors (Lipinski definition) is 5. The Labute approximate surface area is 115 Å². The third-order valence-electron chi connectivity index (χ3n) is 2.82. The SMILES string of the molecule is COc1ccc(Nc2cc(-c3cn[nH]c3)ncn2)cc1. The van der Waals surface area contributed by atoms with E-state index in [0.717, 1.165) is 28.5 Å². The van der Waals surface area contributed by atoms with Gasteiger partial charge in [-0.1, -0.05) is 0 Å². The summed E-state index contributed by atoms with van der Waals surface area (Å²) >= 11 is 0. The molecule has 6 heteroatoms. The van der Waals surface area contributed by atoms with Crippen LogP contribution < -0.4 is 10.1 Å². The first kappa shape index (κ1) is 12.2. The van der Waals surface area contributed by atoms with Gasteiger partial charge in [0.05, 0.1) is 19.0 Å². The largest absolute Gasteiger partial charge is 0.497 e. The van der Waals surface area contributed by atoms with Crippen LogP contribution >= 0.6 is 0 Å². The number of methoxy groups -OCH3 is 1. The number of ether oxygens (including phenoxy) is 1. The summed E-state index contributed by atoms with van der Waals surface area (Å²) in [7, 11) is 1.64. The van der Waals surface area contributed by atoms with E-state index in [-0.39, 0.29) is 0 Å². The number of hydrogen-bond donors (Lipinski definition) is 2. The third-order valence-corrected chi connectivity index (χ3v) is 2.82.